The first-order chi connectivity index (χ1) is 4.66. The minimum atomic E-state index is -0.976. The molecule has 0 aromatic carbocycles. The molecule has 0 aromatic rings. The van der Waals surface area contributed by atoms with Gasteiger partial charge in [-0.2, -0.15) is 0 Å². The Labute approximate surface area is 62.2 Å². The maximum Gasteiger partial charge on any atom is 0.409 e. The van der Waals surface area contributed by atoms with Crippen molar-refractivity contribution >= 4 is 23.1 Å². The smallest absolute Gasteiger partial charge is 0.409 e. The molecule has 0 radical (unpaired) electrons. The van der Waals surface area contributed by atoms with Crippen LogP contribution in [0.25, 0.3) is 0 Å². The van der Waals surface area contributed by atoms with Gasteiger partial charge < -0.3 is 9.47 Å². The molecular formula is C4H6ClNO4. The van der Waals surface area contributed by atoms with Crippen molar-refractivity contribution in [3.63, 3.8) is 0 Å². The molecule has 0 atom stereocenters. The molecule has 1 N–H and O–H groups in total. The van der Waals surface area contributed by atoms with Crippen molar-refractivity contribution in [3.8, 4) is 0 Å². The van der Waals surface area contributed by atoms with E-state index in [4.69, 9.17) is 11.6 Å². The van der Waals surface area contributed by atoms with E-state index in [0.717, 1.165) is 0 Å². The van der Waals surface area contributed by atoms with Gasteiger partial charge in [0.25, 0.3) is 0 Å². The van der Waals surface area contributed by atoms with Crippen LogP contribution in [0.3, 0.4) is 0 Å². The molecular weight excluding hydrogens is 162 g/mol. The Balaban J connectivity index is 3.20. The second-order valence-electron chi connectivity index (χ2n) is 1.19. The molecule has 0 heterocycles. The first-order valence-corrected chi connectivity index (χ1v) is 2.68. The maximum atomic E-state index is 10.2. The van der Waals surface area contributed by atoms with Gasteiger partial charge in [0.1, 0.15) is 0 Å². The van der Waals surface area contributed by atoms with E-state index >= 15 is 0 Å². The van der Waals surface area contributed by atoms with Crippen LogP contribution in [-0.2, 0) is 9.47 Å². The van der Waals surface area contributed by atoms with Crippen LogP contribution < -0.4 is 5.32 Å². The number of carbonyl (C=O) groups is 2. The highest BCUT2D eigenvalue weighted by Gasteiger charge is 1.98. The third kappa shape index (κ3) is 5.17. The van der Waals surface area contributed by atoms with Gasteiger partial charge in [-0.25, -0.2) is 9.59 Å². The highest BCUT2D eigenvalue weighted by molar-refractivity contribution is 6.61. The molecule has 1 amide bonds. The van der Waals surface area contributed by atoms with Gasteiger partial charge in [-0.05, 0) is 0 Å². The second kappa shape index (κ2) is 4.87. The minimum Gasteiger partial charge on any atom is -0.453 e. The summed E-state index contributed by atoms with van der Waals surface area (Å²) in [4.78, 5) is 20.1. The number of hydrogen-bond donors (Lipinski definition) is 1. The average molecular weight is 168 g/mol. The van der Waals surface area contributed by atoms with Gasteiger partial charge in [-0.1, -0.05) is 0 Å². The lowest BCUT2D eigenvalue weighted by Gasteiger charge is -2.00. The summed E-state index contributed by atoms with van der Waals surface area (Å²) in [5.41, 5.74) is -0.976. The van der Waals surface area contributed by atoms with E-state index in [0.29, 0.717) is 0 Å². The maximum absolute atomic E-state index is 10.2. The van der Waals surface area contributed by atoms with Crippen molar-refractivity contribution in [2.45, 2.75) is 0 Å². The summed E-state index contributed by atoms with van der Waals surface area (Å²) in [7, 11) is 1.19. The predicted octanol–water partition coefficient (Wildman–Crippen LogP) is 0.675. The summed E-state index contributed by atoms with van der Waals surface area (Å²) >= 11 is 4.75. The van der Waals surface area contributed by atoms with E-state index in [1.54, 1.807) is 0 Å². The van der Waals surface area contributed by atoms with Crippen LogP contribution >= 0.6 is 11.6 Å². The lowest BCUT2D eigenvalue weighted by molar-refractivity contribution is 0.140. The Kier molecular flexibility index (Phi) is 4.39. The number of methoxy groups -OCH3 is 1. The SMILES string of the molecule is COC(=O)NCOC(=O)Cl. The molecule has 6 heteroatoms. The van der Waals surface area contributed by atoms with Crippen molar-refractivity contribution in [1.82, 2.24) is 5.32 Å². The molecule has 0 aliphatic heterocycles. The second-order valence-corrected chi connectivity index (χ2v) is 1.50. The number of amides is 1. The summed E-state index contributed by atoms with van der Waals surface area (Å²) in [5.74, 6) is 0. The first kappa shape index (κ1) is 9.03. The zero-order valence-corrected chi connectivity index (χ0v) is 5.97. The van der Waals surface area contributed by atoms with Gasteiger partial charge in [-0.15, -0.1) is 0 Å². The fraction of sp³-hybridized carbons (Fsp3) is 0.500. The molecule has 0 aliphatic rings. The van der Waals surface area contributed by atoms with Gasteiger partial charge in [0.05, 0.1) is 7.11 Å². The van der Waals surface area contributed by atoms with Gasteiger partial charge in [0.15, 0.2) is 6.73 Å². The van der Waals surface area contributed by atoms with Crippen LogP contribution in [-0.4, -0.2) is 25.4 Å². The molecule has 0 aliphatic carbocycles. The predicted molar refractivity (Wildman–Crippen MR) is 32.7 cm³/mol. The van der Waals surface area contributed by atoms with E-state index in [9.17, 15) is 9.59 Å². The number of rotatable bonds is 2. The van der Waals surface area contributed by atoms with Crippen LogP contribution in [0.4, 0.5) is 9.59 Å². The van der Waals surface area contributed by atoms with Gasteiger partial charge in [0, 0.05) is 11.6 Å². The van der Waals surface area contributed by atoms with E-state index in [1.165, 1.54) is 7.11 Å². The number of carbonyl (C=O) groups excluding carboxylic acids is 2. The average Bonchev–Trinajstić information content (AvgIpc) is 1.87. The van der Waals surface area contributed by atoms with Gasteiger partial charge in [0.2, 0.25) is 0 Å². The largest absolute Gasteiger partial charge is 0.453 e. The van der Waals surface area contributed by atoms with Crippen LogP contribution in [0.1, 0.15) is 0 Å². The third-order valence-corrected chi connectivity index (χ3v) is 0.697. The van der Waals surface area contributed by atoms with E-state index in [2.05, 4.69) is 14.8 Å². The Morgan fingerprint density at radius 2 is 2.20 bits per heavy atom. The van der Waals surface area contributed by atoms with Crippen molar-refractivity contribution in [2.75, 3.05) is 13.8 Å². The number of halogens is 1. The van der Waals surface area contributed by atoms with E-state index in [1.807, 2.05) is 0 Å². The molecule has 0 bridgehead atoms. The fourth-order valence-corrected chi connectivity index (χ4v) is 0.278. The standard InChI is InChI=1S/C4H6ClNO4/c1-9-4(8)6-2-10-3(5)7/h2H2,1H3,(H,6,8). The number of nitrogens with one attached hydrogen (secondary N) is 1. The lowest BCUT2D eigenvalue weighted by Crippen LogP contribution is -2.26. The molecule has 10 heavy (non-hydrogen) atoms. The van der Waals surface area contributed by atoms with Crippen molar-refractivity contribution in [3.05, 3.63) is 0 Å². The van der Waals surface area contributed by atoms with E-state index < -0.39 is 11.5 Å². The summed E-state index contributed by atoms with van der Waals surface area (Å²) < 4.78 is 8.28. The summed E-state index contributed by atoms with van der Waals surface area (Å²) in [6.45, 7) is -0.283. The van der Waals surface area contributed by atoms with Crippen molar-refractivity contribution in [2.24, 2.45) is 0 Å². The number of hydrogen-bond acceptors (Lipinski definition) is 4. The first-order valence-electron chi connectivity index (χ1n) is 2.31. The zero-order valence-electron chi connectivity index (χ0n) is 5.22. The highest BCUT2D eigenvalue weighted by atomic mass is 35.5. The summed E-state index contributed by atoms with van der Waals surface area (Å²) in [5, 5.41) is 2.08. The topological polar surface area (TPSA) is 64.6 Å². The molecule has 0 rings (SSSR count). The fourth-order valence-electron chi connectivity index (χ4n) is 0.224. The molecule has 0 saturated carbocycles. The molecule has 0 saturated heterocycles. The van der Waals surface area contributed by atoms with Crippen LogP contribution in [0.2, 0.25) is 0 Å². The zero-order chi connectivity index (χ0) is 7.98. The molecule has 0 spiro atoms. The third-order valence-electron chi connectivity index (χ3n) is 0.588. The monoisotopic (exact) mass is 167 g/mol. The number of ether oxygens (including phenoxy) is 2. The Morgan fingerprint density at radius 1 is 1.60 bits per heavy atom. The van der Waals surface area contributed by atoms with Crippen LogP contribution in [0, 0.1) is 0 Å². The summed E-state index contributed by atoms with van der Waals surface area (Å²) in [6, 6.07) is 0. The minimum absolute atomic E-state index is 0.283. The molecule has 0 aromatic heterocycles. The molecule has 0 unspecified atom stereocenters. The molecule has 5 nitrogen and oxygen atoms in total. The normalized spacial score (nSPS) is 8.20. The van der Waals surface area contributed by atoms with Crippen LogP contribution in [0.5, 0.6) is 0 Å². The summed E-state index contributed by atoms with van der Waals surface area (Å²) in [6.07, 6.45) is -0.682. The van der Waals surface area contributed by atoms with E-state index in [-0.39, 0.29) is 6.73 Å². The van der Waals surface area contributed by atoms with Gasteiger partial charge in [-0.3, -0.25) is 5.32 Å². The Hall–Kier alpha value is -0.970. The van der Waals surface area contributed by atoms with Gasteiger partial charge >= 0.3 is 11.5 Å². The van der Waals surface area contributed by atoms with Crippen LogP contribution in [0.15, 0.2) is 0 Å². The highest BCUT2D eigenvalue weighted by Crippen LogP contribution is 1.83. The van der Waals surface area contributed by atoms with Crippen molar-refractivity contribution in [1.29, 1.82) is 0 Å². The molecule has 58 valence electrons. The number of alkyl carbamates (subject to hydrolysis) is 1. The lowest BCUT2D eigenvalue weighted by atomic mass is 11.0. The Morgan fingerprint density at radius 3 is 2.60 bits per heavy atom. The quantitative estimate of drug-likeness (QED) is 0.485. The molecule has 0 fully saturated rings. The Bertz CT molecular complexity index is 137. The van der Waals surface area contributed by atoms with Crippen molar-refractivity contribution < 1.29 is 19.1 Å².